The van der Waals surface area contributed by atoms with Crippen LogP contribution < -0.4 is 9.47 Å². The molecule has 0 unspecified atom stereocenters. The number of para-hydroxylation sites is 2. The summed E-state index contributed by atoms with van der Waals surface area (Å²) in [5, 5.41) is 0. The normalized spacial score (nSPS) is 10.1. The van der Waals surface area contributed by atoms with Crippen LogP contribution in [0.15, 0.2) is 48.5 Å². The summed E-state index contributed by atoms with van der Waals surface area (Å²) in [5.41, 5.74) is -0.375. The molecule has 0 aliphatic rings. The number of rotatable bonds is 6. The van der Waals surface area contributed by atoms with Gasteiger partial charge in [0.25, 0.3) is 0 Å². The molecule has 2 aromatic rings. The van der Waals surface area contributed by atoms with Crippen LogP contribution in [0.1, 0.15) is 41.5 Å². The Labute approximate surface area is 177 Å². The second-order valence-corrected chi connectivity index (χ2v) is 6.04. The maximum atomic E-state index is 12.3. The van der Waals surface area contributed by atoms with Crippen LogP contribution in [0.5, 0.6) is 11.5 Å². The molecule has 0 heterocycles. The summed E-state index contributed by atoms with van der Waals surface area (Å²) in [5.74, 6) is -2.52. The van der Waals surface area contributed by atoms with E-state index < -0.39 is 30.4 Å². The highest BCUT2D eigenvalue weighted by atomic mass is 17.2. The highest BCUT2D eigenvalue weighted by molar-refractivity contribution is 5.96. The van der Waals surface area contributed by atoms with E-state index in [4.69, 9.17) is 14.2 Å². The molecule has 0 saturated carbocycles. The molecule has 2 aromatic carbocycles. The van der Waals surface area contributed by atoms with Gasteiger partial charge in [-0.3, -0.25) is 0 Å². The van der Waals surface area contributed by atoms with Crippen molar-refractivity contribution in [1.29, 1.82) is 0 Å². The summed E-state index contributed by atoms with van der Waals surface area (Å²) in [4.78, 5) is 56.9. The van der Waals surface area contributed by atoms with Gasteiger partial charge in [0.15, 0.2) is 0 Å². The fourth-order valence-electron chi connectivity index (χ4n) is 2.16. The standard InChI is InChI=1S/C21H20O10/c1-4-26-20(24)28-16-11-7-5-9-14(16)18(22)30-31-19(23)15-10-6-8-12-17(15)29-21(25)27-13(2)3/h5-13H,4H2,1-3H3. The van der Waals surface area contributed by atoms with E-state index in [-0.39, 0.29) is 29.2 Å². The molecule has 10 nitrogen and oxygen atoms in total. The average Bonchev–Trinajstić information content (AvgIpc) is 2.72. The Morgan fingerprint density at radius 1 is 0.742 bits per heavy atom. The molecule has 0 fully saturated rings. The van der Waals surface area contributed by atoms with Crippen LogP contribution in [0, 0.1) is 0 Å². The Balaban J connectivity index is 2.06. The second kappa shape index (κ2) is 11.2. The minimum absolute atomic E-state index is 0.0786. The number of hydrogen-bond acceptors (Lipinski definition) is 10. The monoisotopic (exact) mass is 432 g/mol. The molecule has 0 aliphatic heterocycles. The highest BCUT2D eigenvalue weighted by Gasteiger charge is 2.22. The Morgan fingerprint density at radius 2 is 1.19 bits per heavy atom. The first-order chi connectivity index (χ1) is 14.8. The van der Waals surface area contributed by atoms with Crippen LogP contribution in [-0.4, -0.2) is 37.0 Å². The lowest BCUT2D eigenvalue weighted by molar-refractivity contribution is -0.187. The topological polar surface area (TPSA) is 124 Å². The molecule has 0 aliphatic carbocycles. The van der Waals surface area contributed by atoms with E-state index in [0.717, 1.165) is 0 Å². The van der Waals surface area contributed by atoms with Gasteiger partial charge in [-0.05, 0) is 45.0 Å². The SMILES string of the molecule is CCOC(=O)Oc1ccccc1C(=O)OOC(=O)c1ccccc1OC(=O)OC(C)C. The maximum absolute atomic E-state index is 12.3. The Bertz CT molecular complexity index is 951. The zero-order chi connectivity index (χ0) is 22.8. The molecule has 164 valence electrons. The number of carbonyl (C=O) groups is 4. The minimum Gasteiger partial charge on any atom is -0.434 e. The zero-order valence-corrected chi connectivity index (χ0v) is 17.0. The smallest absolute Gasteiger partial charge is 0.434 e. The van der Waals surface area contributed by atoms with Crippen molar-refractivity contribution in [1.82, 2.24) is 0 Å². The van der Waals surface area contributed by atoms with Crippen LogP contribution in [-0.2, 0) is 19.2 Å². The number of ether oxygens (including phenoxy) is 4. The third kappa shape index (κ3) is 7.03. The number of carbonyl (C=O) groups excluding carboxylic acids is 4. The van der Waals surface area contributed by atoms with E-state index in [9.17, 15) is 19.2 Å². The van der Waals surface area contributed by atoms with Gasteiger partial charge in [-0.15, -0.1) is 0 Å². The van der Waals surface area contributed by atoms with Gasteiger partial charge in [0.05, 0.1) is 12.7 Å². The summed E-state index contributed by atoms with van der Waals surface area (Å²) in [6, 6.07) is 11.3. The lowest BCUT2D eigenvalue weighted by Crippen LogP contribution is -2.18. The van der Waals surface area contributed by atoms with Crippen molar-refractivity contribution < 1.29 is 47.9 Å². The molecule has 10 heteroatoms. The molecular weight excluding hydrogens is 412 g/mol. The summed E-state index contributed by atoms with van der Waals surface area (Å²) >= 11 is 0. The molecule has 0 saturated heterocycles. The first-order valence-electron chi connectivity index (χ1n) is 9.16. The van der Waals surface area contributed by atoms with E-state index in [2.05, 4.69) is 14.5 Å². The summed E-state index contributed by atoms with van der Waals surface area (Å²) in [6.07, 6.45) is -2.46. The molecule has 0 N–H and O–H groups in total. The predicted molar refractivity (Wildman–Crippen MR) is 104 cm³/mol. The molecule has 0 bridgehead atoms. The van der Waals surface area contributed by atoms with Crippen molar-refractivity contribution in [2.24, 2.45) is 0 Å². The van der Waals surface area contributed by atoms with Gasteiger partial charge >= 0.3 is 24.2 Å². The Kier molecular flexibility index (Phi) is 8.38. The van der Waals surface area contributed by atoms with Gasteiger partial charge < -0.3 is 18.9 Å². The van der Waals surface area contributed by atoms with Gasteiger partial charge in [-0.1, -0.05) is 24.3 Å². The van der Waals surface area contributed by atoms with Gasteiger partial charge in [0.1, 0.15) is 22.6 Å². The molecule has 0 radical (unpaired) electrons. The van der Waals surface area contributed by atoms with Crippen molar-refractivity contribution in [3.63, 3.8) is 0 Å². The summed E-state index contributed by atoms with van der Waals surface area (Å²) < 4.78 is 19.4. The van der Waals surface area contributed by atoms with Crippen LogP contribution in [0.4, 0.5) is 9.59 Å². The van der Waals surface area contributed by atoms with Gasteiger partial charge in [-0.25, -0.2) is 29.0 Å². The number of benzene rings is 2. The molecule has 0 aromatic heterocycles. The maximum Gasteiger partial charge on any atom is 0.514 e. The van der Waals surface area contributed by atoms with E-state index in [1.165, 1.54) is 48.5 Å². The van der Waals surface area contributed by atoms with Crippen LogP contribution in [0.3, 0.4) is 0 Å². The largest absolute Gasteiger partial charge is 0.514 e. The highest BCUT2D eigenvalue weighted by Crippen LogP contribution is 2.22. The molecule has 2 rings (SSSR count). The summed E-state index contributed by atoms with van der Waals surface area (Å²) in [7, 11) is 0. The fraction of sp³-hybridized carbons (Fsp3) is 0.238. The van der Waals surface area contributed by atoms with E-state index in [1.54, 1.807) is 20.8 Å². The predicted octanol–water partition coefficient (Wildman–Crippen LogP) is 4.07. The third-order valence-electron chi connectivity index (χ3n) is 3.39. The van der Waals surface area contributed by atoms with Crippen LogP contribution in [0.2, 0.25) is 0 Å². The van der Waals surface area contributed by atoms with E-state index in [1.807, 2.05) is 0 Å². The van der Waals surface area contributed by atoms with Gasteiger partial charge in [-0.2, -0.15) is 0 Å². The molecule has 0 atom stereocenters. The van der Waals surface area contributed by atoms with Crippen molar-refractivity contribution in [3.8, 4) is 11.5 Å². The van der Waals surface area contributed by atoms with Gasteiger partial charge in [0, 0.05) is 0 Å². The van der Waals surface area contributed by atoms with Gasteiger partial charge in [0.2, 0.25) is 0 Å². The Hall–Kier alpha value is -4.08. The minimum atomic E-state index is -1.11. The van der Waals surface area contributed by atoms with E-state index in [0.29, 0.717) is 0 Å². The zero-order valence-electron chi connectivity index (χ0n) is 17.0. The molecular formula is C21H20O10. The van der Waals surface area contributed by atoms with Crippen molar-refractivity contribution >= 4 is 24.2 Å². The molecule has 0 amide bonds. The van der Waals surface area contributed by atoms with Crippen molar-refractivity contribution in [2.75, 3.05) is 6.61 Å². The first-order valence-corrected chi connectivity index (χ1v) is 9.16. The van der Waals surface area contributed by atoms with Crippen LogP contribution in [0.25, 0.3) is 0 Å². The molecule has 0 spiro atoms. The fourth-order valence-corrected chi connectivity index (χ4v) is 2.16. The lowest BCUT2D eigenvalue weighted by Gasteiger charge is -2.11. The van der Waals surface area contributed by atoms with Crippen molar-refractivity contribution in [3.05, 3.63) is 59.7 Å². The third-order valence-corrected chi connectivity index (χ3v) is 3.39. The Morgan fingerprint density at radius 3 is 1.65 bits per heavy atom. The average molecular weight is 432 g/mol. The van der Waals surface area contributed by atoms with E-state index >= 15 is 0 Å². The second-order valence-electron chi connectivity index (χ2n) is 6.04. The summed E-state index contributed by atoms with van der Waals surface area (Å²) in [6.45, 7) is 4.93. The quantitative estimate of drug-likeness (QED) is 0.285. The first kappa shape index (κ1) is 23.2. The van der Waals surface area contributed by atoms with Crippen molar-refractivity contribution in [2.45, 2.75) is 26.9 Å². The van der Waals surface area contributed by atoms with Crippen LogP contribution >= 0.6 is 0 Å². The molecule has 31 heavy (non-hydrogen) atoms. The number of hydrogen-bond donors (Lipinski definition) is 0. The lowest BCUT2D eigenvalue weighted by atomic mass is 10.2.